The van der Waals surface area contributed by atoms with Gasteiger partial charge in [0.05, 0.1) is 45.7 Å². The first kappa shape index (κ1) is 30.2. The maximum Gasteiger partial charge on any atom is 0.143 e. The number of aliphatic hydroxyl groups is 1. The van der Waals surface area contributed by atoms with E-state index in [1.54, 1.807) is 6.92 Å². The molecule has 3 aromatic rings. The van der Waals surface area contributed by atoms with Crippen LogP contribution in [0.1, 0.15) is 30.5 Å². The molecule has 0 bridgehead atoms. The van der Waals surface area contributed by atoms with Crippen LogP contribution >= 0.6 is 0 Å². The van der Waals surface area contributed by atoms with E-state index >= 15 is 0 Å². The summed E-state index contributed by atoms with van der Waals surface area (Å²) >= 11 is 0. The van der Waals surface area contributed by atoms with Gasteiger partial charge in [-0.2, -0.15) is 0 Å². The second-order valence-electron chi connectivity index (χ2n) is 9.77. The summed E-state index contributed by atoms with van der Waals surface area (Å²) in [7, 11) is 0. The zero-order valence-electron chi connectivity index (χ0n) is 23.0. The van der Waals surface area contributed by atoms with E-state index in [0.29, 0.717) is 32.0 Å². The quantitative estimate of drug-likeness (QED) is 0.164. The van der Waals surface area contributed by atoms with E-state index in [4.69, 9.17) is 14.2 Å². The summed E-state index contributed by atoms with van der Waals surface area (Å²) in [5, 5.41) is 11.1. The third-order valence-electron chi connectivity index (χ3n) is 6.59. The third kappa shape index (κ3) is 10.4. The third-order valence-corrected chi connectivity index (χ3v) is 6.59. The molecule has 5 nitrogen and oxygen atoms in total. The largest absolute Gasteiger partial charge is 0.388 e. The standard InChI is InChI=1S/C34H40O5/c1-26(21-38-23-30-15-9-5-10-16-30)33(35)28(3)34(36)27(2)32(25-39-24-31-17-11-6-12-18-31)19-20-37-22-29-13-7-4-8-14-29/h4-19,26,28,34,36H,2,20-25H2,1,3H3/b32-19+/t26-,28+,34-/m0/s1. The van der Waals surface area contributed by atoms with Gasteiger partial charge in [-0.25, -0.2) is 0 Å². The molecular weight excluding hydrogens is 488 g/mol. The molecule has 0 saturated heterocycles. The highest BCUT2D eigenvalue weighted by molar-refractivity contribution is 5.84. The van der Waals surface area contributed by atoms with Crippen LogP contribution in [-0.2, 0) is 38.8 Å². The molecule has 3 aromatic carbocycles. The van der Waals surface area contributed by atoms with Gasteiger partial charge in [0.25, 0.3) is 0 Å². The number of hydrogen-bond donors (Lipinski definition) is 1. The summed E-state index contributed by atoms with van der Waals surface area (Å²) in [4.78, 5) is 13.1. The van der Waals surface area contributed by atoms with Crippen LogP contribution in [0.5, 0.6) is 0 Å². The number of ether oxygens (including phenoxy) is 3. The van der Waals surface area contributed by atoms with Gasteiger partial charge in [0.15, 0.2) is 0 Å². The predicted molar refractivity (Wildman–Crippen MR) is 155 cm³/mol. The molecule has 0 heterocycles. The lowest BCUT2D eigenvalue weighted by molar-refractivity contribution is -0.130. The highest BCUT2D eigenvalue weighted by Gasteiger charge is 2.29. The highest BCUT2D eigenvalue weighted by Crippen LogP contribution is 2.23. The minimum atomic E-state index is -1.05. The van der Waals surface area contributed by atoms with Crippen LogP contribution in [0.2, 0.25) is 0 Å². The second-order valence-corrected chi connectivity index (χ2v) is 9.77. The van der Waals surface area contributed by atoms with Crippen molar-refractivity contribution in [2.75, 3.05) is 19.8 Å². The molecule has 0 radical (unpaired) electrons. The van der Waals surface area contributed by atoms with Gasteiger partial charge in [0.2, 0.25) is 0 Å². The van der Waals surface area contributed by atoms with E-state index in [9.17, 15) is 9.90 Å². The lowest BCUT2D eigenvalue weighted by Crippen LogP contribution is -2.33. The SMILES string of the molecule is C=C(/C(=C/COCc1ccccc1)COCc1ccccc1)[C@H](O)[C@H](C)C(=O)[C@@H](C)COCc1ccccc1. The fraction of sp³-hybridized carbons (Fsp3) is 0.324. The Morgan fingerprint density at radius 2 is 1.23 bits per heavy atom. The van der Waals surface area contributed by atoms with Crippen LogP contribution in [0.3, 0.4) is 0 Å². The number of aliphatic hydroxyl groups excluding tert-OH is 1. The van der Waals surface area contributed by atoms with Gasteiger partial charge in [-0.15, -0.1) is 0 Å². The number of benzene rings is 3. The minimum Gasteiger partial charge on any atom is -0.388 e. The number of carbonyl (C=O) groups excluding carboxylic acids is 1. The highest BCUT2D eigenvalue weighted by atomic mass is 16.5. The number of rotatable bonds is 17. The van der Waals surface area contributed by atoms with Crippen LogP contribution in [-0.4, -0.2) is 36.8 Å². The molecule has 0 aliphatic carbocycles. The zero-order valence-corrected chi connectivity index (χ0v) is 23.0. The molecule has 0 fully saturated rings. The van der Waals surface area contributed by atoms with Crippen molar-refractivity contribution < 1.29 is 24.1 Å². The van der Waals surface area contributed by atoms with Crippen LogP contribution in [0.15, 0.2) is 115 Å². The normalized spacial score (nSPS) is 14.0. The van der Waals surface area contributed by atoms with E-state index in [-0.39, 0.29) is 24.9 Å². The molecule has 0 unspecified atom stereocenters. The molecule has 0 saturated carbocycles. The van der Waals surface area contributed by atoms with Gasteiger partial charge in [0.1, 0.15) is 5.78 Å². The van der Waals surface area contributed by atoms with Crippen molar-refractivity contribution in [1.29, 1.82) is 0 Å². The molecule has 0 spiro atoms. The Morgan fingerprint density at radius 3 is 1.74 bits per heavy atom. The van der Waals surface area contributed by atoms with Crippen molar-refractivity contribution in [3.8, 4) is 0 Å². The van der Waals surface area contributed by atoms with E-state index in [1.165, 1.54) is 0 Å². The average Bonchev–Trinajstić information content (AvgIpc) is 2.98. The van der Waals surface area contributed by atoms with E-state index in [0.717, 1.165) is 22.3 Å². The lowest BCUT2D eigenvalue weighted by atomic mass is 9.86. The van der Waals surface area contributed by atoms with Crippen molar-refractivity contribution in [2.24, 2.45) is 11.8 Å². The predicted octanol–water partition coefficient (Wildman–Crippen LogP) is 6.32. The van der Waals surface area contributed by atoms with Gasteiger partial charge < -0.3 is 19.3 Å². The van der Waals surface area contributed by atoms with Crippen molar-refractivity contribution in [3.05, 3.63) is 131 Å². The monoisotopic (exact) mass is 528 g/mol. The molecule has 0 aliphatic rings. The molecule has 0 aliphatic heterocycles. The topological polar surface area (TPSA) is 65.0 Å². The summed E-state index contributed by atoms with van der Waals surface area (Å²) in [6.07, 6.45) is 0.832. The molecule has 0 amide bonds. The molecular formula is C34H40O5. The van der Waals surface area contributed by atoms with E-state index < -0.39 is 12.0 Å². The van der Waals surface area contributed by atoms with Crippen LogP contribution < -0.4 is 0 Å². The maximum atomic E-state index is 13.1. The Morgan fingerprint density at radius 1 is 0.769 bits per heavy atom. The number of hydrogen-bond acceptors (Lipinski definition) is 5. The Kier molecular flexibility index (Phi) is 12.8. The van der Waals surface area contributed by atoms with Gasteiger partial charge in [-0.1, -0.05) is 117 Å². The van der Waals surface area contributed by atoms with E-state index in [1.807, 2.05) is 104 Å². The Labute approximate surface area is 232 Å². The Hall–Kier alpha value is -3.35. The van der Waals surface area contributed by atoms with Crippen molar-refractivity contribution >= 4 is 5.78 Å². The summed E-state index contributed by atoms with van der Waals surface area (Å²) in [6.45, 7) is 9.91. The maximum absolute atomic E-state index is 13.1. The van der Waals surface area contributed by atoms with Gasteiger partial charge >= 0.3 is 0 Å². The van der Waals surface area contributed by atoms with E-state index in [2.05, 4.69) is 6.58 Å². The fourth-order valence-electron chi connectivity index (χ4n) is 4.15. The molecule has 206 valence electrons. The molecule has 5 heteroatoms. The number of ketones is 1. The van der Waals surface area contributed by atoms with Crippen molar-refractivity contribution in [2.45, 2.75) is 39.8 Å². The fourth-order valence-corrected chi connectivity index (χ4v) is 4.15. The van der Waals surface area contributed by atoms with Crippen LogP contribution in [0.25, 0.3) is 0 Å². The molecule has 39 heavy (non-hydrogen) atoms. The van der Waals surface area contributed by atoms with Crippen molar-refractivity contribution in [3.63, 3.8) is 0 Å². The first-order valence-electron chi connectivity index (χ1n) is 13.4. The van der Waals surface area contributed by atoms with Crippen LogP contribution in [0, 0.1) is 11.8 Å². The van der Waals surface area contributed by atoms with Gasteiger partial charge in [0, 0.05) is 11.8 Å². The molecule has 3 atom stereocenters. The lowest BCUT2D eigenvalue weighted by Gasteiger charge is -2.24. The Bertz CT molecular complexity index is 1160. The number of carbonyl (C=O) groups is 1. The van der Waals surface area contributed by atoms with Crippen LogP contribution in [0.4, 0.5) is 0 Å². The smallest absolute Gasteiger partial charge is 0.143 e. The number of Topliss-reactive ketones (excluding diaryl/α,β-unsaturated/α-hetero) is 1. The molecule has 3 rings (SSSR count). The summed E-state index contributed by atoms with van der Waals surface area (Å²) < 4.78 is 17.5. The first-order chi connectivity index (χ1) is 19.0. The second kappa shape index (κ2) is 16.6. The van der Waals surface area contributed by atoms with Gasteiger partial charge in [-0.05, 0) is 27.8 Å². The summed E-state index contributed by atoms with van der Waals surface area (Å²) in [5.41, 5.74) is 4.37. The molecule has 1 N–H and O–H groups in total. The zero-order chi connectivity index (χ0) is 27.9. The van der Waals surface area contributed by atoms with Crippen molar-refractivity contribution in [1.82, 2.24) is 0 Å². The Balaban J connectivity index is 1.57. The minimum absolute atomic E-state index is 0.0680. The first-order valence-corrected chi connectivity index (χ1v) is 13.4. The van der Waals surface area contributed by atoms with Gasteiger partial charge in [-0.3, -0.25) is 4.79 Å². The summed E-state index contributed by atoms with van der Waals surface area (Å²) in [6, 6.07) is 29.7. The average molecular weight is 529 g/mol. The molecule has 0 aromatic heterocycles. The summed E-state index contributed by atoms with van der Waals surface area (Å²) in [5.74, 6) is -1.07.